The minimum Gasteiger partial charge on any atom is -0.293 e. The van der Waals surface area contributed by atoms with E-state index in [1.807, 2.05) is 37.3 Å². The minimum atomic E-state index is 0.0163. The predicted molar refractivity (Wildman–Crippen MR) is 84.3 cm³/mol. The molecule has 18 heavy (non-hydrogen) atoms. The van der Waals surface area contributed by atoms with E-state index in [9.17, 15) is 4.79 Å². The van der Waals surface area contributed by atoms with Gasteiger partial charge >= 0.3 is 0 Å². The van der Waals surface area contributed by atoms with Crippen LogP contribution in [-0.4, -0.2) is 21.7 Å². The smallest absolute Gasteiger partial charge is 0.266 e. The second kappa shape index (κ2) is 5.99. The Morgan fingerprint density at radius 3 is 2.83 bits per heavy atom. The molecule has 0 radical (unpaired) electrons. The Kier molecular flexibility index (Phi) is 4.59. The number of nitrogens with zero attached hydrogens (tertiary/aromatic N) is 1. The average Bonchev–Trinajstić information content (AvgIpc) is 2.60. The SMILES string of the molecule is CCCN1C(=O)/C(=C/c2ccccc2Br)SC1=S. The van der Waals surface area contributed by atoms with Crippen LogP contribution in [0.2, 0.25) is 0 Å². The Bertz CT molecular complexity index is 527. The van der Waals surface area contributed by atoms with Gasteiger partial charge in [-0.1, -0.05) is 65.0 Å². The normalized spacial score (nSPS) is 17.9. The van der Waals surface area contributed by atoms with Gasteiger partial charge in [-0.05, 0) is 24.1 Å². The fourth-order valence-corrected chi connectivity index (χ4v) is 3.35. The Hall–Kier alpha value is -0.650. The van der Waals surface area contributed by atoms with Crippen molar-refractivity contribution in [2.45, 2.75) is 13.3 Å². The Balaban J connectivity index is 2.28. The lowest BCUT2D eigenvalue weighted by molar-refractivity contribution is -0.122. The summed E-state index contributed by atoms with van der Waals surface area (Å²) in [5.74, 6) is 0.0163. The first kappa shape index (κ1) is 13.8. The quantitative estimate of drug-likeness (QED) is 0.610. The van der Waals surface area contributed by atoms with Crippen molar-refractivity contribution < 1.29 is 4.79 Å². The summed E-state index contributed by atoms with van der Waals surface area (Å²) in [6, 6.07) is 7.82. The Morgan fingerprint density at radius 1 is 1.44 bits per heavy atom. The van der Waals surface area contributed by atoms with Gasteiger partial charge in [0.25, 0.3) is 5.91 Å². The zero-order valence-electron chi connectivity index (χ0n) is 9.85. The summed E-state index contributed by atoms with van der Waals surface area (Å²) in [6.45, 7) is 2.73. The first-order chi connectivity index (χ1) is 8.63. The third-order valence-corrected chi connectivity index (χ3v) is 4.61. The summed E-state index contributed by atoms with van der Waals surface area (Å²) < 4.78 is 1.63. The number of rotatable bonds is 3. The molecule has 0 aliphatic carbocycles. The molecule has 2 rings (SSSR count). The van der Waals surface area contributed by atoms with E-state index in [4.69, 9.17) is 12.2 Å². The molecule has 0 unspecified atom stereocenters. The van der Waals surface area contributed by atoms with Gasteiger partial charge in [0.2, 0.25) is 0 Å². The summed E-state index contributed by atoms with van der Waals surface area (Å²) in [6.07, 6.45) is 2.80. The summed E-state index contributed by atoms with van der Waals surface area (Å²) in [5, 5.41) is 0. The second-order valence-electron chi connectivity index (χ2n) is 3.85. The molecule has 1 heterocycles. The molecular formula is C13H12BrNOS2. The highest BCUT2D eigenvalue weighted by Gasteiger charge is 2.31. The highest BCUT2D eigenvalue weighted by atomic mass is 79.9. The zero-order chi connectivity index (χ0) is 13.1. The van der Waals surface area contributed by atoms with Crippen molar-refractivity contribution in [3.8, 4) is 0 Å². The lowest BCUT2D eigenvalue weighted by atomic mass is 10.2. The van der Waals surface area contributed by atoms with Crippen molar-refractivity contribution in [2.24, 2.45) is 0 Å². The van der Waals surface area contributed by atoms with Crippen LogP contribution in [0, 0.1) is 0 Å². The highest BCUT2D eigenvalue weighted by Crippen LogP contribution is 2.33. The standard InChI is InChI=1S/C13H12BrNOS2/c1-2-7-15-12(16)11(18-13(15)17)8-9-5-3-4-6-10(9)14/h3-6,8H,2,7H2,1H3/b11-8-. The summed E-state index contributed by atoms with van der Waals surface area (Å²) in [7, 11) is 0. The topological polar surface area (TPSA) is 20.3 Å². The van der Waals surface area contributed by atoms with E-state index >= 15 is 0 Å². The molecule has 1 fully saturated rings. The van der Waals surface area contributed by atoms with Gasteiger partial charge in [0.05, 0.1) is 4.91 Å². The number of benzene rings is 1. The van der Waals surface area contributed by atoms with Gasteiger partial charge in [-0.3, -0.25) is 9.69 Å². The fourth-order valence-electron chi connectivity index (χ4n) is 1.65. The van der Waals surface area contributed by atoms with Crippen molar-refractivity contribution in [1.82, 2.24) is 4.90 Å². The molecule has 94 valence electrons. The number of carbonyl (C=O) groups is 1. The van der Waals surface area contributed by atoms with Gasteiger partial charge in [-0.25, -0.2) is 0 Å². The molecule has 2 nitrogen and oxygen atoms in total. The van der Waals surface area contributed by atoms with Gasteiger partial charge < -0.3 is 0 Å². The average molecular weight is 342 g/mol. The van der Waals surface area contributed by atoms with Crippen molar-refractivity contribution in [2.75, 3.05) is 6.54 Å². The predicted octanol–water partition coefficient (Wildman–Crippen LogP) is 4.06. The molecule has 1 aliphatic heterocycles. The Labute approximate surface area is 125 Å². The van der Waals surface area contributed by atoms with Gasteiger partial charge in [0, 0.05) is 11.0 Å². The van der Waals surface area contributed by atoms with E-state index in [1.54, 1.807) is 4.90 Å². The molecule has 1 aromatic carbocycles. The van der Waals surface area contributed by atoms with Crippen molar-refractivity contribution >= 4 is 56.2 Å². The summed E-state index contributed by atoms with van der Waals surface area (Å²) >= 11 is 10.1. The maximum Gasteiger partial charge on any atom is 0.266 e. The molecule has 0 aromatic heterocycles. The molecule has 1 aliphatic rings. The molecule has 1 saturated heterocycles. The lowest BCUT2D eigenvalue weighted by Crippen LogP contribution is -2.28. The zero-order valence-corrected chi connectivity index (χ0v) is 13.1. The second-order valence-corrected chi connectivity index (χ2v) is 6.38. The van der Waals surface area contributed by atoms with E-state index < -0.39 is 0 Å². The monoisotopic (exact) mass is 341 g/mol. The number of hydrogen-bond acceptors (Lipinski definition) is 3. The largest absolute Gasteiger partial charge is 0.293 e. The molecule has 1 amide bonds. The number of amides is 1. The van der Waals surface area contributed by atoms with Crippen molar-refractivity contribution in [3.05, 3.63) is 39.2 Å². The fraction of sp³-hybridized carbons (Fsp3) is 0.231. The first-order valence-electron chi connectivity index (χ1n) is 5.63. The molecule has 0 bridgehead atoms. The van der Waals surface area contributed by atoms with Gasteiger partial charge in [0.1, 0.15) is 4.32 Å². The summed E-state index contributed by atoms with van der Waals surface area (Å²) in [4.78, 5) is 14.5. The molecule has 0 spiro atoms. The van der Waals surface area contributed by atoms with Crippen LogP contribution in [0.5, 0.6) is 0 Å². The third kappa shape index (κ3) is 2.84. The van der Waals surface area contributed by atoms with Crippen molar-refractivity contribution in [3.63, 3.8) is 0 Å². The molecular weight excluding hydrogens is 330 g/mol. The molecule has 1 aromatic rings. The van der Waals surface area contributed by atoms with Crippen LogP contribution in [0.15, 0.2) is 33.6 Å². The Morgan fingerprint density at radius 2 is 2.17 bits per heavy atom. The van der Waals surface area contributed by atoms with Crippen LogP contribution in [-0.2, 0) is 4.79 Å². The first-order valence-corrected chi connectivity index (χ1v) is 7.65. The van der Waals surface area contributed by atoms with Gasteiger partial charge in [-0.2, -0.15) is 0 Å². The number of carbonyl (C=O) groups excluding carboxylic acids is 1. The van der Waals surface area contributed by atoms with Crippen LogP contribution < -0.4 is 0 Å². The van der Waals surface area contributed by atoms with Crippen LogP contribution in [0.3, 0.4) is 0 Å². The van der Waals surface area contributed by atoms with E-state index in [0.29, 0.717) is 15.8 Å². The van der Waals surface area contributed by atoms with Crippen LogP contribution in [0.4, 0.5) is 0 Å². The minimum absolute atomic E-state index is 0.0163. The highest BCUT2D eigenvalue weighted by molar-refractivity contribution is 9.10. The van der Waals surface area contributed by atoms with Gasteiger partial charge in [-0.15, -0.1) is 0 Å². The van der Waals surface area contributed by atoms with Crippen LogP contribution >= 0.6 is 39.9 Å². The van der Waals surface area contributed by atoms with E-state index in [0.717, 1.165) is 16.5 Å². The van der Waals surface area contributed by atoms with E-state index in [1.165, 1.54) is 11.8 Å². The van der Waals surface area contributed by atoms with Crippen LogP contribution in [0.25, 0.3) is 6.08 Å². The maximum absolute atomic E-state index is 12.2. The number of thiocarbonyl (C=S) groups is 1. The molecule has 0 atom stereocenters. The number of halogens is 1. The lowest BCUT2D eigenvalue weighted by Gasteiger charge is -2.11. The summed E-state index contributed by atoms with van der Waals surface area (Å²) in [5.41, 5.74) is 0.995. The van der Waals surface area contributed by atoms with Gasteiger partial charge in [0.15, 0.2) is 0 Å². The maximum atomic E-state index is 12.2. The molecule has 0 saturated carbocycles. The van der Waals surface area contributed by atoms with E-state index in [2.05, 4.69) is 15.9 Å². The van der Waals surface area contributed by atoms with Crippen LogP contribution in [0.1, 0.15) is 18.9 Å². The number of thioether (sulfide) groups is 1. The molecule has 0 N–H and O–H groups in total. The van der Waals surface area contributed by atoms with Crippen molar-refractivity contribution in [1.29, 1.82) is 0 Å². The third-order valence-electron chi connectivity index (χ3n) is 2.51. The van der Waals surface area contributed by atoms with E-state index in [-0.39, 0.29) is 5.91 Å². The number of hydrogen-bond donors (Lipinski definition) is 0. The molecule has 5 heteroatoms.